The van der Waals surface area contributed by atoms with Crippen LogP contribution >= 0.6 is 0 Å². The first-order valence-electron chi connectivity index (χ1n) is 14.2. The zero-order chi connectivity index (χ0) is 30.3. The van der Waals surface area contributed by atoms with Gasteiger partial charge in [-0.15, -0.1) is 0 Å². The van der Waals surface area contributed by atoms with E-state index >= 15 is 0 Å². The molecule has 1 atom stereocenters. The van der Waals surface area contributed by atoms with Crippen LogP contribution in [0.1, 0.15) is 25.0 Å². The Balaban J connectivity index is 1.53. The molecule has 42 heavy (non-hydrogen) atoms. The highest BCUT2D eigenvalue weighted by atomic mass is 32.2. The topological polar surface area (TPSA) is 115 Å². The van der Waals surface area contributed by atoms with Crippen LogP contribution in [0.25, 0.3) is 10.8 Å². The van der Waals surface area contributed by atoms with E-state index in [1.54, 1.807) is 23.1 Å². The minimum atomic E-state index is -4.05. The van der Waals surface area contributed by atoms with E-state index in [-0.39, 0.29) is 16.7 Å². The van der Waals surface area contributed by atoms with Crippen molar-refractivity contribution in [2.24, 2.45) is 0 Å². The van der Waals surface area contributed by atoms with Crippen LogP contribution in [0.4, 0.5) is 11.5 Å². The van der Waals surface area contributed by atoms with Crippen molar-refractivity contribution in [2.75, 3.05) is 56.6 Å². The number of nitrogens with zero attached hydrogens (tertiary/aromatic N) is 4. The maximum atomic E-state index is 13.8. The largest absolute Gasteiger partial charge is 0.377 e. The molecule has 0 radical (unpaired) electrons. The van der Waals surface area contributed by atoms with Gasteiger partial charge in [0.25, 0.3) is 0 Å². The number of hydrogen-bond acceptors (Lipinski definition) is 7. The average Bonchev–Trinajstić information content (AvgIpc) is 2.99. The molecule has 0 aliphatic carbocycles. The predicted octanol–water partition coefficient (Wildman–Crippen LogP) is 3.08. The van der Waals surface area contributed by atoms with Crippen molar-refractivity contribution in [3.63, 3.8) is 0 Å². The molecule has 2 N–H and O–H groups in total. The third kappa shape index (κ3) is 7.46. The third-order valence-corrected chi connectivity index (χ3v) is 8.95. The molecule has 10 nitrogen and oxygen atoms in total. The molecule has 4 rings (SSSR count). The number of pyridine rings is 1. The number of unbranched alkanes of at least 4 members (excludes halogenated alkanes) is 1. The van der Waals surface area contributed by atoms with E-state index in [0.29, 0.717) is 57.4 Å². The number of carbonyl (C=O) groups is 2. The lowest BCUT2D eigenvalue weighted by Gasteiger charge is -2.37. The molecule has 1 fully saturated rings. The van der Waals surface area contributed by atoms with Gasteiger partial charge in [-0.1, -0.05) is 36.9 Å². The van der Waals surface area contributed by atoms with E-state index < -0.39 is 16.1 Å². The number of benzene rings is 2. The minimum Gasteiger partial charge on any atom is -0.377 e. The Hall–Kier alpha value is -3.96. The van der Waals surface area contributed by atoms with Crippen molar-refractivity contribution in [1.82, 2.24) is 19.9 Å². The molecule has 3 aromatic rings. The summed E-state index contributed by atoms with van der Waals surface area (Å²) in [7, 11) is -0.227. The fraction of sp³-hybridized carbons (Fsp3) is 0.387. The molecule has 0 saturated carbocycles. The zero-order valence-corrected chi connectivity index (χ0v) is 25.4. The second-order valence-corrected chi connectivity index (χ2v) is 12.3. The van der Waals surface area contributed by atoms with Crippen molar-refractivity contribution in [1.29, 1.82) is 0 Å². The Morgan fingerprint density at radius 1 is 1.00 bits per heavy atom. The van der Waals surface area contributed by atoms with Crippen LogP contribution in [0.2, 0.25) is 0 Å². The van der Waals surface area contributed by atoms with Gasteiger partial charge < -0.3 is 20.0 Å². The summed E-state index contributed by atoms with van der Waals surface area (Å²) in [6.07, 6.45) is 2.65. The molecule has 0 spiro atoms. The first-order valence-corrected chi connectivity index (χ1v) is 15.7. The molecular weight excluding hydrogens is 552 g/mol. The number of carbonyl (C=O) groups excluding carboxylic acids is 2. The lowest BCUT2D eigenvalue weighted by molar-refractivity contribution is -0.133. The summed E-state index contributed by atoms with van der Waals surface area (Å²) < 4.78 is 30.4. The summed E-state index contributed by atoms with van der Waals surface area (Å²) in [6, 6.07) is 15.7. The van der Waals surface area contributed by atoms with Gasteiger partial charge in [0.15, 0.2) is 0 Å². The SMILES string of the molecule is C=CC(=O)NCCCCC(NS(=O)(=O)c1cccc2c(N(C)C)cccc12)C(=O)N1CCN(c2cccc(C)n2)CC1. The molecule has 1 saturated heterocycles. The molecule has 0 bridgehead atoms. The second kappa shape index (κ2) is 13.8. The smallest absolute Gasteiger partial charge is 0.243 e. The fourth-order valence-electron chi connectivity index (χ4n) is 5.21. The number of nitrogens with one attached hydrogen (secondary N) is 2. The minimum absolute atomic E-state index is 0.134. The van der Waals surface area contributed by atoms with Gasteiger partial charge in [-0.3, -0.25) is 9.59 Å². The quantitative estimate of drug-likeness (QED) is 0.245. The van der Waals surface area contributed by atoms with Gasteiger partial charge in [-0.2, -0.15) is 4.72 Å². The van der Waals surface area contributed by atoms with Gasteiger partial charge in [0.1, 0.15) is 11.9 Å². The van der Waals surface area contributed by atoms with E-state index in [9.17, 15) is 18.0 Å². The van der Waals surface area contributed by atoms with Gasteiger partial charge in [0, 0.05) is 69.0 Å². The van der Waals surface area contributed by atoms with E-state index in [2.05, 4.69) is 26.5 Å². The Kier molecular flexibility index (Phi) is 10.2. The molecule has 2 aromatic carbocycles. The van der Waals surface area contributed by atoms with Crippen LogP contribution in [-0.2, 0) is 19.6 Å². The molecule has 1 unspecified atom stereocenters. The highest BCUT2D eigenvalue weighted by Gasteiger charge is 2.32. The number of anilines is 2. The van der Waals surface area contributed by atoms with E-state index in [1.807, 2.05) is 62.3 Å². The molecule has 1 aliphatic heterocycles. The number of fused-ring (bicyclic) bond motifs is 1. The summed E-state index contributed by atoms with van der Waals surface area (Å²) in [5.41, 5.74) is 1.83. The molecule has 1 aliphatic rings. The molecule has 2 heterocycles. The van der Waals surface area contributed by atoms with Crippen LogP contribution in [0.15, 0.2) is 72.1 Å². The Morgan fingerprint density at radius 2 is 1.69 bits per heavy atom. The second-order valence-electron chi connectivity index (χ2n) is 10.6. The van der Waals surface area contributed by atoms with Crippen molar-refractivity contribution < 1.29 is 18.0 Å². The number of piperazine rings is 1. The maximum absolute atomic E-state index is 13.8. The van der Waals surface area contributed by atoms with Crippen LogP contribution in [0.5, 0.6) is 0 Å². The summed E-state index contributed by atoms with van der Waals surface area (Å²) in [6.45, 7) is 7.93. The fourth-order valence-corrected chi connectivity index (χ4v) is 6.66. The Labute approximate surface area is 248 Å². The van der Waals surface area contributed by atoms with Crippen molar-refractivity contribution in [3.05, 3.63) is 72.9 Å². The van der Waals surface area contributed by atoms with Crippen molar-refractivity contribution in [3.8, 4) is 0 Å². The maximum Gasteiger partial charge on any atom is 0.243 e. The first kappa shape index (κ1) is 31.0. The molecule has 2 amide bonds. The van der Waals surface area contributed by atoms with Gasteiger partial charge in [-0.05, 0) is 56.5 Å². The lowest BCUT2D eigenvalue weighted by atomic mass is 10.1. The summed E-state index contributed by atoms with van der Waals surface area (Å²) in [4.78, 5) is 35.8. The predicted molar refractivity (Wildman–Crippen MR) is 167 cm³/mol. The Bertz CT molecular complexity index is 1530. The number of hydrogen-bond donors (Lipinski definition) is 2. The lowest BCUT2D eigenvalue weighted by Crippen LogP contribution is -2.55. The molecule has 11 heteroatoms. The van der Waals surface area contributed by atoms with Crippen molar-refractivity contribution in [2.45, 2.75) is 37.1 Å². The Morgan fingerprint density at radius 3 is 2.38 bits per heavy atom. The highest BCUT2D eigenvalue weighted by Crippen LogP contribution is 2.30. The van der Waals surface area contributed by atoms with E-state index in [0.717, 1.165) is 22.6 Å². The molecule has 1 aromatic heterocycles. The number of sulfonamides is 1. The van der Waals surface area contributed by atoms with Crippen molar-refractivity contribution >= 4 is 44.1 Å². The van der Waals surface area contributed by atoms with Gasteiger partial charge >= 0.3 is 0 Å². The highest BCUT2D eigenvalue weighted by molar-refractivity contribution is 7.89. The third-order valence-electron chi connectivity index (χ3n) is 7.42. The van der Waals surface area contributed by atoms with Crippen LogP contribution in [0.3, 0.4) is 0 Å². The van der Waals surface area contributed by atoms with Crippen LogP contribution in [0, 0.1) is 6.92 Å². The number of aromatic nitrogens is 1. The van der Waals surface area contributed by atoms with Crippen LogP contribution < -0.4 is 19.8 Å². The normalized spacial score (nSPS) is 14.5. The number of amides is 2. The van der Waals surface area contributed by atoms with Gasteiger partial charge in [0.05, 0.1) is 4.90 Å². The molecular formula is C31H40N6O4S. The summed E-state index contributed by atoms with van der Waals surface area (Å²) in [5, 5.41) is 4.13. The molecule has 224 valence electrons. The van der Waals surface area contributed by atoms with E-state index in [1.165, 1.54) is 6.08 Å². The van der Waals surface area contributed by atoms with Gasteiger partial charge in [-0.25, -0.2) is 13.4 Å². The standard InChI is InChI=1S/C31H40N6O4S/c1-5-30(38)32-18-7-6-14-26(31(39)37-21-19-36(20-22-37)29-17-8-11-23(2)33-29)34-42(40,41)28-16-10-12-24-25(28)13-9-15-27(24)35(3)4/h5,8-13,15-17,26,34H,1,6-7,14,18-22H2,2-4H3,(H,32,38). The van der Waals surface area contributed by atoms with Crippen LogP contribution in [-0.4, -0.2) is 83.0 Å². The monoisotopic (exact) mass is 592 g/mol. The average molecular weight is 593 g/mol. The number of rotatable bonds is 12. The zero-order valence-electron chi connectivity index (χ0n) is 24.5. The first-order chi connectivity index (χ1) is 20.1. The summed E-state index contributed by atoms with van der Waals surface area (Å²) >= 11 is 0. The summed E-state index contributed by atoms with van der Waals surface area (Å²) in [5.74, 6) is 0.353. The number of aryl methyl sites for hydroxylation is 1. The van der Waals surface area contributed by atoms with E-state index in [4.69, 9.17) is 0 Å². The van der Waals surface area contributed by atoms with Gasteiger partial charge in [0.2, 0.25) is 21.8 Å².